The van der Waals surface area contributed by atoms with Crippen molar-refractivity contribution in [1.82, 2.24) is 0 Å². The molecular formula is C11H18O2. The fraction of sp³-hybridized carbons (Fsp3) is 0.545. The zero-order valence-corrected chi connectivity index (χ0v) is 8.20. The fourth-order valence-electron chi connectivity index (χ4n) is 1.24. The molecule has 0 atom stereocenters. The first-order chi connectivity index (χ1) is 6.43. The van der Waals surface area contributed by atoms with Crippen LogP contribution in [-0.2, 0) is 4.79 Å². The summed E-state index contributed by atoms with van der Waals surface area (Å²) in [4.78, 5) is 10.0. The molecule has 1 aliphatic carbocycles. The van der Waals surface area contributed by atoms with E-state index >= 15 is 0 Å². The first kappa shape index (κ1) is 12.1. The maximum atomic E-state index is 10.0. The highest BCUT2D eigenvalue weighted by Gasteiger charge is 1.95. The first-order valence-electron chi connectivity index (χ1n) is 4.67. The lowest BCUT2D eigenvalue weighted by atomic mass is 10.0. The minimum atomic E-state index is 0.700. The van der Waals surface area contributed by atoms with Crippen molar-refractivity contribution < 1.29 is 9.90 Å². The van der Waals surface area contributed by atoms with E-state index in [2.05, 4.69) is 18.2 Å². The Morgan fingerprint density at radius 1 is 1.46 bits per heavy atom. The molecule has 0 aromatic carbocycles. The topological polar surface area (TPSA) is 37.3 Å². The molecule has 0 fully saturated rings. The van der Waals surface area contributed by atoms with Gasteiger partial charge in [-0.15, -0.1) is 0 Å². The fourth-order valence-corrected chi connectivity index (χ4v) is 1.24. The number of carbonyl (C=O) groups is 1. The predicted octanol–water partition coefficient (Wildman–Crippen LogP) is 2.24. The molecule has 1 rings (SSSR count). The van der Waals surface area contributed by atoms with Crippen molar-refractivity contribution in [2.24, 2.45) is 0 Å². The van der Waals surface area contributed by atoms with Gasteiger partial charge in [-0.05, 0) is 25.7 Å². The quantitative estimate of drug-likeness (QED) is 0.535. The van der Waals surface area contributed by atoms with Crippen molar-refractivity contribution in [2.45, 2.75) is 32.1 Å². The van der Waals surface area contributed by atoms with Crippen molar-refractivity contribution in [1.29, 1.82) is 0 Å². The largest absolute Gasteiger partial charge is 0.400 e. The highest BCUT2D eigenvalue weighted by molar-refractivity contribution is 5.49. The molecule has 1 aliphatic rings. The van der Waals surface area contributed by atoms with E-state index in [1.165, 1.54) is 18.4 Å². The zero-order chi connectivity index (χ0) is 9.94. The third-order valence-corrected chi connectivity index (χ3v) is 1.86. The van der Waals surface area contributed by atoms with E-state index in [4.69, 9.17) is 5.11 Å². The van der Waals surface area contributed by atoms with E-state index in [-0.39, 0.29) is 0 Å². The number of aliphatic hydroxyl groups excluding tert-OH is 1. The van der Waals surface area contributed by atoms with Gasteiger partial charge in [-0.1, -0.05) is 23.8 Å². The minimum Gasteiger partial charge on any atom is -0.400 e. The lowest BCUT2D eigenvalue weighted by molar-refractivity contribution is -0.107. The van der Waals surface area contributed by atoms with Crippen LogP contribution in [0.5, 0.6) is 0 Å². The van der Waals surface area contributed by atoms with Gasteiger partial charge < -0.3 is 9.90 Å². The lowest BCUT2D eigenvalue weighted by Gasteiger charge is -2.04. The zero-order valence-electron chi connectivity index (χ0n) is 8.20. The Kier molecular flexibility index (Phi) is 8.57. The Labute approximate surface area is 80.0 Å². The molecule has 0 aliphatic heterocycles. The number of unbranched alkanes of at least 4 members (excludes halogenated alkanes) is 1. The Morgan fingerprint density at radius 3 is 2.77 bits per heavy atom. The molecule has 74 valence electrons. The van der Waals surface area contributed by atoms with Crippen LogP contribution in [0.4, 0.5) is 0 Å². The van der Waals surface area contributed by atoms with E-state index in [9.17, 15) is 4.79 Å². The summed E-state index contributed by atoms with van der Waals surface area (Å²) in [6.07, 6.45) is 12.8. The molecular weight excluding hydrogens is 164 g/mol. The van der Waals surface area contributed by atoms with Crippen molar-refractivity contribution in [3.63, 3.8) is 0 Å². The Bertz CT molecular complexity index is 181. The standard InChI is InChI=1S/C10H14O.CH4O/c11-9-5-4-8-10-6-2-1-3-7-10;1-2/h2,6-7,9H,1,3-5,8H2;2H,1H3. The SMILES string of the molecule is CO.O=CCCCC1=CCCC=C1. The van der Waals surface area contributed by atoms with Gasteiger partial charge in [0.05, 0.1) is 0 Å². The highest BCUT2D eigenvalue weighted by atomic mass is 16.2. The van der Waals surface area contributed by atoms with E-state index < -0.39 is 0 Å². The van der Waals surface area contributed by atoms with Crippen LogP contribution < -0.4 is 0 Å². The molecule has 0 amide bonds. The van der Waals surface area contributed by atoms with Gasteiger partial charge in [0, 0.05) is 13.5 Å². The summed E-state index contributed by atoms with van der Waals surface area (Å²) in [5.74, 6) is 0. The van der Waals surface area contributed by atoms with Gasteiger partial charge in [0.2, 0.25) is 0 Å². The Balaban J connectivity index is 0.000000671. The molecule has 0 saturated carbocycles. The molecule has 0 unspecified atom stereocenters. The second-order valence-corrected chi connectivity index (χ2v) is 2.82. The minimum absolute atomic E-state index is 0.700. The monoisotopic (exact) mass is 182 g/mol. The molecule has 2 heteroatoms. The van der Waals surface area contributed by atoms with Crippen LogP contribution in [-0.4, -0.2) is 18.5 Å². The van der Waals surface area contributed by atoms with E-state index in [0.717, 1.165) is 26.2 Å². The summed E-state index contributed by atoms with van der Waals surface area (Å²) in [6.45, 7) is 0. The maximum Gasteiger partial charge on any atom is 0.120 e. The molecule has 13 heavy (non-hydrogen) atoms. The molecule has 0 spiro atoms. The smallest absolute Gasteiger partial charge is 0.120 e. The molecule has 0 saturated heterocycles. The number of allylic oxidation sites excluding steroid dienone is 4. The highest BCUT2D eigenvalue weighted by Crippen LogP contribution is 2.14. The number of aldehydes is 1. The van der Waals surface area contributed by atoms with E-state index in [1.807, 2.05) is 0 Å². The summed E-state index contributed by atoms with van der Waals surface area (Å²) < 4.78 is 0. The summed E-state index contributed by atoms with van der Waals surface area (Å²) in [5, 5.41) is 7.00. The van der Waals surface area contributed by atoms with Crippen LogP contribution in [0.2, 0.25) is 0 Å². The van der Waals surface area contributed by atoms with E-state index in [0.29, 0.717) is 6.42 Å². The lowest BCUT2D eigenvalue weighted by Crippen LogP contribution is -1.85. The summed E-state index contributed by atoms with van der Waals surface area (Å²) in [7, 11) is 1.00. The van der Waals surface area contributed by atoms with Crippen LogP contribution >= 0.6 is 0 Å². The van der Waals surface area contributed by atoms with Gasteiger partial charge in [0.25, 0.3) is 0 Å². The summed E-state index contributed by atoms with van der Waals surface area (Å²) >= 11 is 0. The average molecular weight is 182 g/mol. The Hall–Kier alpha value is -0.890. The van der Waals surface area contributed by atoms with Crippen molar-refractivity contribution in [3.05, 3.63) is 23.8 Å². The predicted molar refractivity (Wildman–Crippen MR) is 54.5 cm³/mol. The van der Waals surface area contributed by atoms with Crippen LogP contribution in [0, 0.1) is 0 Å². The van der Waals surface area contributed by atoms with Crippen molar-refractivity contribution >= 4 is 6.29 Å². The summed E-state index contributed by atoms with van der Waals surface area (Å²) in [6, 6.07) is 0. The molecule has 0 aromatic heterocycles. The van der Waals surface area contributed by atoms with E-state index in [1.54, 1.807) is 0 Å². The van der Waals surface area contributed by atoms with Crippen LogP contribution in [0.15, 0.2) is 23.8 Å². The second-order valence-electron chi connectivity index (χ2n) is 2.82. The number of hydrogen-bond acceptors (Lipinski definition) is 2. The van der Waals surface area contributed by atoms with Gasteiger partial charge in [-0.25, -0.2) is 0 Å². The number of rotatable bonds is 4. The van der Waals surface area contributed by atoms with Gasteiger partial charge in [-0.2, -0.15) is 0 Å². The second kappa shape index (κ2) is 9.20. The number of carbonyl (C=O) groups excluding carboxylic acids is 1. The van der Waals surface area contributed by atoms with Gasteiger partial charge in [0.1, 0.15) is 6.29 Å². The van der Waals surface area contributed by atoms with Crippen LogP contribution in [0.1, 0.15) is 32.1 Å². The van der Waals surface area contributed by atoms with Crippen LogP contribution in [0.25, 0.3) is 0 Å². The van der Waals surface area contributed by atoms with Gasteiger partial charge >= 0.3 is 0 Å². The third-order valence-electron chi connectivity index (χ3n) is 1.86. The molecule has 0 bridgehead atoms. The van der Waals surface area contributed by atoms with Crippen LogP contribution in [0.3, 0.4) is 0 Å². The van der Waals surface area contributed by atoms with Crippen molar-refractivity contribution in [3.8, 4) is 0 Å². The number of aliphatic hydroxyl groups is 1. The molecule has 0 heterocycles. The van der Waals surface area contributed by atoms with Gasteiger partial charge in [-0.3, -0.25) is 0 Å². The first-order valence-corrected chi connectivity index (χ1v) is 4.67. The molecule has 1 N–H and O–H groups in total. The average Bonchev–Trinajstić information content (AvgIpc) is 2.23. The van der Waals surface area contributed by atoms with Crippen molar-refractivity contribution in [2.75, 3.05) is 7.11 Å². The summed E-state index contributed by atoms with van der Waals surface area (Å²) in [5.41, 5.74) is 1.40. The molecule has 2 nitrogen and oxygen atoms in total. The third kappa shape index (κ3) is 6.29. The maximum absolute atomic E-state index is 10.0. The number of hydrogen-bond donors (Lipinski definition) is 1. The molecule has 0 aromatic rings. The normalized spacial score (nSPS) is 14.2. The molecule has 0 radical (unpaired) electrons. The Morgan fingerprint density at radius 2 is 2.23 bits per heavy atom. The van der Waals surface area contributed by atoms with Gasteiger partial charge in [0.15, 0.2) is 0 Å².